The molecule has 0 amide bonds. The Morgan fingerprint density at radius 2 is 1.73 bits per heavy atom. The van der Waals surface area contributed by atoms with Crippen molar-refractivity contribution >= 4 is 21.4 Å². The minimum Gasteiger partial charge on any atom is -0.497 e. The van der Waals surface area contributed by atoms with E-state index in [1.165, 1.54) is 0 Å². The number of ether oxygens (including phenoxy) is 1. The molecule has 1 fully saturated rings. The van der Waals surface area contributed by atoms with Crippen LogP contribution in [0, 0.1) is 0 Å². The third-order valence-electron chi connectivity index (χ3n) is 5.97. The minimum absolute atomic E-state index is 0.00378. The lowest BCUT2D eigenvalue weighted by molar-refractivity contribution is 0.181. The summed E-state index contributed by atoms with van der Waals surface area (Å²) in [7, 11) is -1.82. The Kier molecular flexibility index (Phi) is 6.91. The van der Waals surface area contributed by atoms with Crippen LogP contribution < -0.4 is 4.74 Å². The first-order valence-corrected chi connectivity index (χ1v) is 13.4. The molecule has 0 atom stereocenters. The molecule has 1 aliphatic heterocycles. The van der Waals surface area contributed by atoms with E-state index in [0.29, 0.717) is 31.1 Å². The smallest absolute Gasteiger partial charge is 0.243 e. The predicted octanol–water partition coefficient (Wildman–Crippen LogP) is 4.62. The fourth-order valence-electron chi connectivity index (χ4n) is 3.89. The Balaban J connectivity index is 1.37. The van der Waals surface area contributed by atoms with E-state index >= 15 is 0 Å². The molecule has 33 heavy (non-hydrogen) atoms. The number of benzene rings is 2. The quantitative estimate of drug-likeness (QED) is 0.510. The molecule has 0 bridgehead atoms. The Morgan fingerprint density at radius 1 is 1.03 bits per heavy atom. The second-order valence-corrected chi connectivity index (χ2v) is 12.2. The topological polar surface area (TPSA) is 62.7 Å². The van der Waals surface area contributed by atoms with Crippen molar-refractivity contribution in [2.24, 2.45) is 0 Å². The maximum absolute atomic E-state index is 13.1. The van der Waals surface area contributed by atoms with Gasteiger partial charge in [0.2, 0.25) is 10.0 Å². The average molecular weight is 486 g/mol. The third kappa shape index (κ3) is 5.46. The predicted molar refractivity (Wildman–Crippen MR) is 133 cm³/mol. The summed E-state index contributed by atoms with van der Waals surface area (Å²) in [4.78, 5) is 7.42. The van der Waals surface area contributed by atoms with Crippen LogP contribution in [-0.2, 0) is 22.0 Å². The van der Waals surface area contributed by atoms with Crippen LogP contribution in [0.3, 0.4) is 0 Å². The van der Waals surface area contributed by atoms with Gasteiger partial charge in [-0.2, -0.15) is 4.31 Å². The second-order valence-electron chi connectivity index (χ2n) is 9.31. The van der Waals surface area contributed by atoms with Crippen LogP contribution in [-0.4, -0.2) is 55.9 Å². The van der Waals surface area contributed by atoms with Gasteiger partial charge in [-0.3, -0.25) is 4.90 Å². The van der Waals surface area contributed by atoms with Crippen LogP contribution in [0.15, 0.2) is 58.8 Å². The summed E-state index contributed by atoms with van der Waals surface area (Å²) in [5, 5.41) is 3.09. The normalized spacial score (nSPS) is 16.1. The number of aromatic nitrogens is 1. The number of thiazole rings is 1. The van der Waals surface area contributed by atoms with Crippen molar-refractivity contribution in [3.63, 3.8) is 0 Å². The molecule has 4 rings (SSSR count). The number of rotatable bonds is 6. The molecule has 6 nitrogen and oxygen atoms in total. The monoisotopic (exact) mass is 485 g/mol. The first kappa shape index (κ1) is 23.9. The molecule has 0 unspecified atom stereocenters. The highest BCUT2D eigenvalue weighted by Gasteiger charge is 2.29. The van der Waals surface area contributed by atoms with E-state index in [1.807, 2.05) is 36.4 Å². The zero-order valence-electron chi connectivity index (χ0n) is 19.6. The van der Waals surface area contributed by atoms with Gasteiger partial charge in [-0.25, -0.2) is 13.4 Å². The lowest BCUT2D eigenvalue weighted by atomic mass is 9.87. The van der Waals surface area contributed by atoms with Crippen molar-refractivity contribution in [1.29, 1.82) is 0 Å². The molecule has 0 N–H and O–H groups in total. The molecule has 176 valence electrons. The lowest BCUT2D eigenvalue weighted by Gasteiger charge is -2.33. The summed E-state index contributed by atoms with van der Waals surface area (Å²) in [6.07, 6.45) is 0. The summed E-state index contributed by atoms with van der Waals surface area (Å²) < 4.78 is 33.1. The first-order valence-electron chi connectivity index (χ1n) is 11.1. The van der Waals surface area contributed by atoms with Crippen molar-refractivity contribution < 1.29 is 13.2 Å². The summed E-state index contributed by atoms with van der Waals surface area (Å²) in [5.74, 6) is 0.812. The molecule has 1 saturated heterocycles. The highest BCUT2D eigenvalue weighted by Crippen LogP contribution is 2.27. The van der Waals surface area contributed by atoms with Crippen molar-refractivity contribution in [2.75, 3.05) is 33.3 Å². The molecule has 2 heterocycles. The second kappa shape index (κ2) is 9.54. The van der Waals surface area contributed by atoms with Gasteiger partial charge < -0.3 is 4.74 Å². The molecule has 8 heteroatoms. The van der Waals surface area contributed by atoms with Gasteiger partial charge in [0.1, 0.15) is 10.8 Å². The van der Waals surface area contributed by atoms with Crippen LogP contribution in [0.2, 0.25) is 0 Å². The maximum atomic E-state index is 13.1. The highest BCUT2D eigenvalue weighted by molar-refractivity contribution is 7.89. The Hall–Kier alpha value is -2.26. The van der Waals surface area contributed by atoms with Crippen LogP contribution in [0.5, 0.6) is 5.75 Å². The van der Waals surface area contributed by atoms with E-state index in [-0.39, 0.29) is 5.41 Å². The summed E-state index contributed by atoms with van der Waals surface area (Å²) in [5.41, 5.74) is 3.10. The molecule has 2 aromatic carbocycles. The number of nitrogens with zero attached hydrogens (tertiary/aromatic N) is 3. The molecule has 1 aliphatic rings. The standard InChI is InChI=1S/C25H31N3O3S2/c1-25(2,3)20-8-10-22(11-9-20)33(29,30)28-14-12-27(13-15-28)17-24-26-23(18-32-24)19-6-5-7-21(16-19)31-4/h5-11,16,18H,12-15,17H2,1-4H3. The Labute approximate surface area is 200 Å². The van der Waals surface area contributed by atoms with Gasteiger partial charge in [0.15, 0.2) is 0 Å². The zero-order chi connectivity index (χ0) is 23.6. The van der Waals surface area contributed by atoms with Crippen molar-refractivity contribution in [2.45, 2.75) is 37.6 Å². The van der Waals surface area contributed by atoms with Crippen molar-refractivity contribution in [3.8, 4) is 17.0 Å². The fourth-order valence-corrected chi connectivity index (χ4v) is 6.16. The van der Waals surface area contributed by atoms with Gasteiger partial charge in [-0.05, 0) is 35.2 Å². The number of sulfonamides is 1. The summed E-state index contributed by atoms with van der Waals surface area (Å²) in [6, 6.07) is 15.2. The molecular weight excluding hydrogens is 454 g/mol. The SMILES string of the molecule is COc1cccc(-c2csc(CN3CCN(S(=O)(=O)c4ccc(C(C)(C)C)cc4)CC3)n2)c1. The zero-order valence-corrected chi connectivity index (χ0v) is 21.2. The van der Waals surface area contributed by atoms with Crippen LogP contribution in [0.25, 0.3) is 11.3 Å². The van der Waals surface area contributed by atoms with Gasteiger partial charge in [-0.1, -0.05) is 45.0 Å². The Bertz CT molecular complexity index is 1190. The van der Waals surface area contributed by atoms with Gasteiger partial charge in [0, 0.05) is 37.1 Å². The number of hydrogen-bond acceptors (Lipinski definition) is 6. The average Bonchev–Trinajstić information content (AvgIpc) is 3.27. The molecule has 0 spiro atoms. The maximum Gasteiger partial charge on any atom is 0.243 e. The molecular formula is C25H31N3O3S2. The van der Waals surface area contributed by atoms with E-state index in [4.69, 9.17) is 9.72 Å². The van der Waals surface area contributed by atoms with E-state index in [0.717, 1.165) is 34.1 Å². The van der Waals surface area contributed by atoms with Gasteiger partial charge in [0.25, 0.3) is 0 Å². The highest BCUT2D eigenvalue weighted by atomic mass is 32.2. The lowest BCUT2D eigenvalue weighted by Crippen LogP contribution is -2.48. The molecule has 1 aromatic heterocycles. The number of piperazine rings is 1. The van der Waals surface area contributed by atoms with E-state index in [2.05, 4.69) is 31.1 Å². The van der Waals surface area contributed by atoms with E-state index in [9.17, 15) is 8.42 Å². The van der Waals surface area contributed by atoms with E-state index in [1.54, 1.807) is 34.9 Å². The van der Waals surface area contributed by atoms with Gasteiger partial charge in [0.05, 0.1) is 24.2 Å². The molecule has 0 aliphatic carbocycles. The van der Waals surface area contributed by atoms with Gasteiger partial charge in [-0.15, -0.1) is 11.3 Å². The molecule has 0 saturated carbocycles. The molecule has 0 radical (unpaired) electrons. The van der Waals surface area contributed by atoms with Crippen molar-refractivity contribution in [3.05, 3.63) is 64.5 Å². The van der Waals surface area contributed by atoms with Crippen LogP contribution in [0.4, 0.5) is 0 Å². The summed E-state index contributed by atoms with van der Waals surface area (Å²) >= 11 is 1.63. The number of hydrogen-bond donors (Lipinski definition) is 0. The fraction of sp³-hybridized carbons (Fsp3) is 0.400. The molecule has 3 aromatic rings. The van der Waals surface area contributed by atoms with E-state index < -0.39 is 10.0 Å². The van der Waals surface area contributed by atoms with Gasteiger partial charge >= 0.3 is 0 Å². The Morgan fingerprint density at radius 3 is 2.36 bits per heavy atom. The van der Waals surface area contributed by atoms with Crippen molar-refractivity contribution in [1.82, 2.24) is 14.2 Å². The number of methoxy groups -OCH3 is 1. The summed E-state index contributed by atoms with van der Waals surface area (Å²) in [6.45, 7) is 9.44. The third-order valence-corrected chi connectivity index (χ3v) is 8.71. The van der Waals surface area contributed by atoms with Crippen LogP contribution in [0.1, 0.15) is 31.3 Å². The van der Waals surface area contributed by atoms with Crippen LogP contribution >= 0.6 is 11.3 Å². The minimum atomic E-state index is -3.48. The first-order chi connectivity index (χ1) is 15.7. The largest absolute Gasteiger partial charge is 0.497 e.